The number of hydrogen-bond donors (Lipinski definition) is 1. The van der Waals surface area contributed by atoms with E-state index < -0.39 is 0 Å². The molecule has 2 unspecified atom stereocenters. The number of hydrogen-bond acceptors (Lipinski definition) is 2. The monoisotopic (exact) mass is 224 g/mol. The molecule has 0 aromatic rings. The molecule has 0 aromatic carbocycles. The largest absolute Gasteiger partial charge is 0.330 e. The van der Waals surface area contributed by atoms with E-state index in [0.717, 1.165) is 24.5 Å². The predicted molar refractivity (Wildman–Crippen MR) is 69.4 cm³/mol. The van der Waals surface area contributed by atoms with Crippen molar-refractivity contribution in [3.8, 4) is 0 Å². The van der Waals surface area contributed by atoms with Gasteiger partial charge in [-0.3, -0.25) is 4.90 Å². The van der Waals surface area contributed by atoms with Crippen LogP contribution < -0.4 is 5.73 Å². The number of rotatable bonds is 4. The Morgan fingerprint density at radius 3 is 2.25 bits per heavy atom. The molecule has 2 atom stereocenters. The van der Waals surface area contributed by atoms with Gasteiger partial charge in [-0.1, -0.05) is 32.6 Å². The topological polar surface area (TPSA) is 29.3 Å². The molecule has 94 valence electrons. The van der Waals surface area contributed by atoms with Gasteiger partial charge in [-0.15, -0.1) is 0 Å². The molecule has 2 saturated carbocycles. The second-order valence-electron chi connectivity index (χ2n) is 5.62. The Kier molecular flexibility index (Phi) is 4.66. The Bertz CT molecular complexity index is 197. The molecule has 2 nitrogen and oxygen atoms in total. The summed E-state index contributed by atoms with van der Waals surface area (Å²) in [5, 5.41) is 0. The van der Waals surface area contributed by atoms with Crippen LogP contribution >= 0.6 is 0 Å². The summed E-state index contributed by atoms with van der Waals surface area (Å²) >= 11 is 0. The first-order chi connectivity index (χ1) is 7.86. The summed E-state index contributed by atoms with van der Waals surface area (Å²) in [6.07, 6.45) is 11.3. The molecule has 16 heavy (non-hydrogen) atoms. The van der Waals surface area contributed by atoms with Gasteiger partial charge in [-0.2, -0.15) is 0 Å². The summed E-state index contributed by atoms with van der Waals surface area (Å²) in [7, 11) is 0. The fourth-order valence-electron chi connectivity index (χ4n) is 3.90. The maximum Gasteiger partial charge on any atom is 0.0138 e. The van der Waals surface area contributed by atoms with E-state index in [0.29, 0.717) is 0 Å². The second-order valence-corrected chi connectivity index (χ2v) is 5.62. The third kappa shape index (κ3) is 2.60. The van der Waals surface area contributed by atoms with Gasteiger partial charge in [0, 0.05) is 12.1 Å². The maximum atomic E-state index is 5.96. The molecule has 2 aliphatic rings. The molecule has 0 aromatic heterocycles. The van der Waals surface area contributed by atoms with E-state index in [9.17, 15) is 0 Å². The van der Waals surface area contributed by atoms with Crippen LogP contribution in [-0.2, 0) is 0 Å². The number of nitrogens with zero attached hydrogens (tertiary/aromatic N) is 1. The molecule has 2 heteroatoms. The third-order valence-electron chi connectivity index (χ3n) is 4.76. The van der Waals surface area contributed by atoms with Crippen molar-refractivity contribution in [1.29, 1.82) is 0 Å². The Hall–Kier alpha value is -0.0800. The zero-order valence-corrected chi connectivity index (χ0v) is 10.8. The van der Waals surface area contributed by atoms with Crippen LogP contribution in [0.4, 0.5) is 0 Å². The van der Waals surface area contributed by atoms with Gasteiger partial charge in [0.25, 0.3) is 0 Å². The normalized spacial score (nSPS) is 32.4. The molecular weight excluding hydrogens is 196 g/mol. The minimum absolute atomic E-state index is 0.772. The summed E-state index contributed by atoms with van der Waals surface area (Å²) in [5.74, 6) is 0.772. The summed E-state index contributed by atoms with van der Waals surface area (Å²) in [6, 6.07) is 1.67. The second kappa shape index (κ2) is 6.02. The van der Waals surface area contributed by atoms with Gasteiger partial charge in [-0.25, -0.2) is 0 Å². The van der Waals surface area contributed by atoms with Crippen molar-refractivity contribution < 1.29 is 0 Å². The van der Waals surface area contributed by atoms with Crippen molar-refractivity contribution in [2.24, 2.45) is 11.7 Å². The highest BCUT2D eigenvalue weighted by atomic mass is 15.2. The molecule has 0 heterocycles. The van der Waals surface area contributed by atoms with Crippen LogP contribution in [0.2, 0.25) is 0 Å². The van der Waals surface area contributed by atoms with Gasteiger partial charge in [0.1, 0.15) is 0 Å². The number of nitrogens with two attached hydrogens (primary N) is 1. The van der Waals surface area contributed by atoms with Crippen molar-refractivity contribution in [3.05, 3.63) is 0 Å². The molecule has 2 fully saturated rings. The van der Waals surface area contributed by atoms with Gasteiger partial charge >= 0.3 is 0 Å². The Morgan fingerprint density at radius 2 is 1.62 bits per heavy atom. The van der Waals surface area contributed by atoms with E-state index in [1.807, 2.05) is 0 Å². The van der Waals surface area contributed by atoms with Gasteiger partial charge in [0.2, 0.25) is 0 Å². The van der Waals surface area contributed by atoms with Gasteiger partial charge < -0.3 is 5.73 Å². The first-order valence-electron chi connectivity index (χ1n) is 7.32. The molecule has 2 aliphatic carbocycles. The predicted octanol–water partition coefficient (Wildman–Crippen LogP) is 2.77. The average Bonchev–Trinajstić information content (AvgIpc) is 2.84. The Labute approximate surface area is 101 Å². The van der Waals surface area contributed by atoms with E-state index in [2.05, 4.69) is 11.8 Å². The summed E-state index contributed by atoms with van der Waals surface area (Å²) in [5.41, 5.74) is 5.96. The van der Waals surface area contributed by atoms with E-state index in [1.165, 1.54) is 57.9 Å². The lowest BCUT2D eigenvalue weighted by molar-refractivity contribution is 0.0726. The fourth-order valence-corrected chi connectivity index (χ4v) is 3.90. The highest BCUT2D eigenvalue weighted by Crippen LogP contribution is 2.33. The van der Waals surface area contributed by atoms with E-state index in [-0.39, 0.29) is 0 Å². The van der Waals surface area contributed by atoms with Crippen molar-refractivity contribution >= 4 is 0 Å². The minimum Gasteiger partial charge on any atom is -0.330 e. The molecular formula is C14H28N2. The quantitative estimate of drug-likeness (QED) is 0.795. The van der Waals surface area contributed by atoms with E-state index in [4.69, 9.17) is 5.73 Å². The fraction of sp³-hybridized carbons (Fsp3) is 1.00. The Balaban J connectivity index is 1.99. The third-order valence-corrected chi connectivity index (χ3v) is 4.76. The minimum atomic E-state index is 0.772. The van der Waals surface area contributed by atoms with Crippen LogP contribution in [0.3, 0.4) is 0 Å². The lowest BCUT2D eigenvalue weighted by Gasteiger charge is -2.42. The lowest BCUT2D eigenvalue weighted by atomic mass is 9.83. The molecule has 0 radical (unpaired) electrons. The summed E-state index contributed by atoms with van der Waals surface area (Å²) < 4.78 is 0. The first-order valence-corrected chi connectivity index (χ1v) is 7.32. The van der Waals surface area contributed by atoms with Crippen LogP contribution in [0, 0.1) is 5.92 Å². The average molecular weight is 224 g/mol. The SMILES string of the molecule is CCN(C1CCCC1)C1CCCCC1CN. The molecule has 0 amide bonds. The van der Waals surface area contributed by atoms with Crippen LogP contribution in [0.1, 0.15) is 58.3 Å². The van der Waals surface area contributed by atoms with Crippen LogP contribution in [-0.4, -0.2) is 30.1 Å². The van der Waals surface area contributed by atoms with Crippen molar-refractivity contribution in [2.75, 3.05) is 13.1 Å². The van der Waals surface area contributed by atoms with Crippen LogP contribution in [0.25, 0.3) is 0 Å². The van der Waals surface area contributed by atoms with E-state index in [1.54, 1.807) is 0 Å². The van der Waals surface area contributed by atoms with Crippen LogP contribution in [0.15, 0.2) is 0 Å². The first kappa shape index (κ1) is 12.4. The van der Waals surface area contributed by atoms with Gasteiger partial charge in [0.05, 0.1) is 0 Å². The zero-order chi connectivity index (χ0) is 11.4. The van der Waals surface area contributed by atoms with Crippen molar-refractivity contribution in [1.82, 2.24) is 4.90 Å². The Morgan fingerprint density at radius 1 is 1.00 bits per heavy atom. The summed E-state index contributed by atoms with van der Waals surface area (Å²) in [6.45, 7) is 4.46. The van der Waals surface area contributed by atoms with Crippen molar-refractivity contribution in [3.63, 3.8) is 0 Å². The lowest BCUT2D eigenvalue weighted by Crippen LogP contribution is -2.49. The van der Waals surface area contributed by atoms with Crippen LogP contribution in [0.5, 0.6) is 0 Å². The highest BCUT2D eigenvalue weighted by molar-refractivity contribution is 4.88. The molecule has 0 bridgehead atoms. The van der Waals surface area contributed by atoms with E-state index >= 15 is 0 Å². The maximum absolute atomic E-state index is 5.96. The standard InChI is InChI=1S/C14H28N2/c1-2-16(13-8-4-5-9-13)14-10-6-3-7-12(14)11-15/h12-14H,2-11,15H2,1H3. The summed E-state index contributed by atoms with van der Waals surface area (Å²) in [4.78, 5) is 2.80. The molecule has 0 spiro atoms. The molecule has 0 aliphatic heterocycles. The zero-order valence-electron chi connectivity index (χ0n) is 10.8. The van der Waals surface area contributed by atoms with Crippen molar-refractivity contribution in [2.45, 2.75) is 70.4 Å². The molecule has 2 rings (SSSR count). The van der Waals surface area contributed by atoms with Gasteiger partial charge in [-0.05, 0) is 44.7 Å². The molecule has 0 saturated heterocycles. The highest BCUT2D eigenvalue weighted by Gasteiger charge is 2.33. The molecule has 2 N–H and O–H groups in total. The smallest absolute Gasteiger partial charge is 0.0138 e. The van der Waals surface area contributed by atoms with Gasteiger partial charge in [0.15, 0.2) is 0 Å².